The van der Waals surface area contributed by atoms with Crippen molar-refractivity contribution in [2.75, 3.05) is 38.6 Å². The fraction of sp³-hybridized carbons (Fsp3) is 0.667. The highest BCUT2D eigenvalue weighted by atomic mass is 15.2. The van der Waals surface area contributed by atoms with Crippen LogP contribution in [0.15, 0.2) is 18.3 Å². The predicted molar refractivity (Wildman–Crippen MR) is 82.4 cm³/mol. The lowest BCUT2D eigenvalue weighted by atomic mass is 10.1. The van der Waals surface area contributed by atoms with Crippen LogP contribution in [-0.2, 0) is 0 Å². The second kappa shape index (κ2) is 7.46. The van der Waals surface area contributed by atoms with Crippen LogP contribution in [0.3, 0.4) is 0 Å². The summed E-state index contributed by atoms with van der Waals surface area (Å²) in [7, 11) is 4.19. The predicted octanol–water partition coefficient (Wildman–Crippen LogP) is 2.13. The smallest absolute Gasteiger partial charge is 0.128 e. The molecule has 0 aliphatic carbocycles. The number of pyridine rings is 1. The molecule has 1 aromatic rings. The molecule has 1 atom stereocenters. The first kappa shape index (κ1) is 15.9. The van der Waals surface area contributed by atoms with E-state index in [1.165, 1.54) is 0 Å². The molecule has 0 aliphatic heterocycles. The van der Waals surface area contributed by atoms with Gasteiger partial charge in [0, 0.05) is 31.9 Å². The summed E-state index contributed by atoms with van der Waals surface area (Å²) in [5.74, 6) is 1.65. The summed E-state index contributed by atoms with van der Waals surface area (Å²) in [6.07, 6.45) is 1.86. The molecule has 1 unspecified atom stereocenters. The Morgan fingerprint density at radius 3 is 2.42 bits per heavy atom. The van der Waals surface area contributed by atoms with Gasteiger partial charge < -0.3 is 15.5 Å². The van der Waals surface area contributed by atoms with E-state index in [1.54, 1.807) is 0 Å². The second-order valence-corrected chi connectivity index (χ2v) is 5.88. The van der Waals surface area contributed by atoms with Crippen LogP contribution in [0.5, 0.6) is 0 Å². The van der Waals surface area contributed by atoms with E-state index in [-0.39, 0.29) is 6.04 Å². The van der Waals surface area contributed by atoms with Crippen molar-refractivity contribution in [3.05, 3.63) is 23.9 Å². The molecule has 1 aromatic heterocycles. The molecule has 0 amide bonds. The molecule has 108 valence electrons. The fourth-order valence-electron chi connectivity index (χ4n) is 1.95. The first-order valence-corrected chi connectivity index (χ1v) is 7.01. The minimum Gasteiger partial charge on any atom is -0.355 e. The van der Waals surface area contributed by atoms with Crippen molar-refractivity contribution in [1.82, 2.24) is 9.88 Å². The summed E-state index contributed by atoms with van der Waals surface area (Å²) < 4.78 is 0. The van der Waals surface area contributed by atoms with Crippen molar-refractivity contribution in [2.45, 2.75) is 26.8 Å². The van der Waals surface area contributed by atoms with Crippen molar-refractivity contribution < 1.29 is 0 Å². The minimum atomic E-state index is 0.0523. The molecular weight excluding hydrogens is 236 g/mol. The van der Waals surface area contributed by atoms with Gasteiger partial charge in [0.15, 0.2) is 0 Å². The Morgan fingerprint density at radius 2 is 1.89 bits per heavy atom. The molecule has 1 rings (SSSR count). The van der Waals surface area contributed by atoms with Crippen molar-refractivity contribution in [3.63, 3.8) is 0 Å². The number of hydrogen-bond acceptors (Lipinski definition) is 4. The number of likely N-dealkylation sites (N-methyl/N-ethyl adjacent to an activating group) is 1. The van der Waals surface area contributed by atoms with Crippen molar-refractivity contribution in [3.8, 4) is 0 Å². The zero-order valence-electron chi connectivity index (χ0n) is 12.9. The highest BCUT2D eigenvalue weighted by Crippen LogP contribution is 2.17. The van der Waals surface area contributed by atoms with Gasteiger partial charge in [-0.1, -0.05) is 13.8 Å². The van der Waals surface area contributed by atoms with E-state index in [4.69, 9.17) is 5.73 Å². The average Bonchev–Trinajstić information content (AvgIpc) is 2.34. The summed E-state index contributed by atoms with van der Waals surface area (Å²) in [6, 6.07) is 4.16. The summed E-state index contributed by atoms with van der Waals surface area (Å²) in [5.41, 5.74) is 7.09. The summed E-state index contributed by atoms with van der Waals surface area (Å²) >= 11 is 0. The van der Waals surface area contributed by atoms with Gasteiger partial charge in [-0.15, -0.1) is 0 Å². The normalized spacial score (nSPS) is 13.1. The third-order valence-electron chi connectivity index (χ3n) is 3.02. The minimum absolute atomic E-state index is 0.0523. The van der Waals surface area contributed by atoms with Gasteiger partial charge in [-0.2, -0.15) is 0 Å². The van der Waals surface area contributed by atoms with Crippen LogP contribution in [0.4, 0.5) is 5.82 Å². The summed E-state index contributed by atoms with van der Waals surface area (Å²) in [6.45, 7) is 9.50. The molecular formula is C15H28N4. The Hall–Kier alpha value is -1.13. The van der Waals surface area contributed by atoms with Crippen LogP contribution in [0.1, 0.15) is 32.4 Å². The van der Waals surface area contributed by atoms with Gasteiger partial charge in [0.05, 0.1) is 0 Å². The zero-order valence-corrected chi connectivity index (χ0v) is 12.9. The topological polar surface area (TPSA) is 45.4 Å². The van der Waals surface area contributed by atoms with E-state index in [1.807, 2.05) is 19.2 Å². The molecule has 19 heavy (non-hydrogen) atoms. The van der Waals surface area contributed by atoms with Gasteiger partial charge in [0.25, 0.3) is 0 Å². The van der Waals surface area contributed by atoms with Crippen molar-refractivity contribution in [1.29, 1.82) is 0 Å². The Labute approximate surface area is 117 Å². The lowest BCUT2D eigenvalue weighted by molar-refractivity contribution is 0.408. The molecule has 0 bridgehead atoms. The highest BCUT2D eigenvalue weighted by molar-refractivity contribution is 5.41. The Morgan fingerprint density at radius 1 is 1.21 bits per heavy atom. The lowest BCUT2D eigenvalue weighted by Crippen LogP contribution is -2.35. The van der Waals surface area contributed by atoms with Crippen LogP contribution < -0.4 is 10.6 Å². The Balaban J connectivity index is 2.86. The van der Waals surface area contributed by atoms with Crippen LogP contribution >= 0.6 is 0 Å². The van der Waals surface area contributed by atoms with Crippen LogP contribution in [0.2, 0.25) is 0 Å². The standard InChI is InChI=1S/C15H28N4/c1-12(2)11-19(9-8-18(4)5)15-10-14(13(3)16)6-7-17-15/h6-7,10,12-13H,8-9,11,16H2,1-5H3. The molecule has 4 heteroatoms. The molecule has 0 aromatic carbocycles. The van der Waals surface area contributed by atoms with E-state index in [0.29, 0.717) is 5.92 Å². The third-order valence-corrected chi connectivity index (χ3v) is 3.02. The van der Waals surface area contributed by atoms with E-state index in [9.17, 15) is 0 Å². The van der Waals surface area contributed by atoms with Gasteiger partial charge in [-0.3, -0.25) is 0 Å². The van der Waals surface area contributed by atoms with Gasteiger partial charge >= 0.3 is 0 Å². The lowest BCUT2D eigenvalue weighted by Gasteiger charge is -2.27. The molecule has 0 aliphatic rings. The van der Waals surface area contributed by atoms with E-state index in [2.05, 4.69) is 48.8 Å². The van der Waals surface area contributed by atoms with E-state index >= 15 is 0 Å². The van der Waals surface area contributed by atoms with E-state index in [0.717, 1.165) is 31.0 Å². The third kappa shape index (κ3) is 5.57. The van der Waals surface area contributed by atoms with Crippen molar-refractivity contribution >= 4 is 5.82 Å². The monoisotopic (exact) mass is 264 g/mol. The summed E-state index contributed by atoms with van der Waals surface area (Å²) in [4.78, 5) is 9.05. The zero-order chi connectivity index (χ0) is 14.4. The molecule has 1 heterocycles. The van der Waals surface area contributed by atoms with Gasteiger partial charge in [0.1, 0.15) is 5.82 Å². The molecule has 0 radical (unpaired) electrons. The number of hydrogen-bond donors (Lipinski definition) is 1. The molecule has 0 spiro atoms. The molecule has 0 saturated heterocycles. The van der Waals surface area contributed by atoms with Crippen LogP contribution in [0.25, 0.3) is 0 Å². The molecule has 0 saturated carbocycles. The second-order valence-electron chi connectivity index (χ2n) is 5.88. The molecule has 0 fully saturated rings. The number of aromatic nitrogens is 1. The maximum Gasteiger partial charge on any atom is 0.128 e. The van der Waals surface area contributed by atoms with Crippen LogP contribution in [-0.4, -0.2) is 43.6 Å². The summed E-state index contributed by atoms with van der Waals surface area (Å²) in [5, 5.41) is 0. The van der Waals surface area contributed by atoms with Crippen LogP contribution in [0, 0.1) is 5.92 Å². The van der Waals surface area contributed by atoms with Gasteiger partial charge in [-0.05, 0) is 44.6 Å². The molecule has 2 N–H and O–H groups in total. The largest absolute Gasteiger partial charge is 0.355 e. The fourth-order valence-corrected chi connectivity index (χ4v) is 1.95. The number of anilines is 1. The highest BCUT2D eigenvalue weighted by Gasteiger charge is 2.11. The maximum atomic E-state index is 5.95. The molecule has 4 nitrogen and oxygen atoms in total. The van der Waals surface area contributed by atoms with Gasteiger partial charge in [0.2, 0.25) is 0 Å². The number of nitrogens with two attached hydrogens (primary N) is 1. The quantitative estimate of drug-likeness (QED) is 0.819. The first-order valence-electron chi connectivity index (χ1n) is 7.01. The number of nitrogens with zero attached hydrogens (tertiary/aromatic N) is 3. The number of rotatable bonds is 7. The average molecular weight is 264 g/mol. The SMILES string of the molecule is CC(C)CN(CCN(C)C)c1cc(C(C)N)ccn1. The van der Waals surface area contributed by atoms with Crippen molar-refractivity contribution in [2.24, 2.45) is 11.7 Å². The Bertz CT molecular complexity index is 374. The first-order chi connectivity index (χ1) is 8.90. The maximum absolute atomic E-state index is 5.95. The Kier molecular flexibility index (Phi) is 6.25. The van der Waals surface area contributed by atoms with Gasteiger partial charge in [-0.25, -0.2) is 4.98 Å². The van der Waals surface area contributed by atoms with E-state index < -0.39 is 0 Å².